The monoisotopic (exact) mass is 676 g/mol. The Hall–Kier alpha value is -4.43. The van der Waals surface area contributed by atoms with Crippen molar-refractivity contribution in [1.29, 1.82) is 0 Å². The lowest BCUT2D eigenvalue weighted by Gasteiger charge is -2.34. The predicted octanol–water partition coefficient (Wildman–Crippen LogP) is 4.25. The van der Waals surface area contributed by atoms with Gasteiger partial charge in [0.1, 0.15) is 24.0 Å². The van der Waals surface area contributed by atoms with E-state index >= 15 is 4.39 Å². The van der Waals surface area contributed by atoms with Crippen LogP contribution in [0.1, 0.15) is 49.0 Å². The van der Waals surface area contributed by atoms with Crippen LogP contribution in [-0.2, 0) is 14.3 Å². The number of hydrogen-bond donors (Lipinski definition) is 2. The number of pyridine rings is 1. The zero-order valence-electron chi connectivity index (χ0n) is 25.5. The molecule has 1 aromatic heterocycles. The van der Waals surface area contributed by atoms with Crippen molar-refractivity contribution in [3.63, 3.8) is 0 Å². The first kappa shape index (κ1) is 33.9. The molecule has 2 aromatic carbocycles. The normalized spacial score (nSPS) is 18.9. The number of aromatic nitrogens is 1. The van der Waals surface area contributed by atoms with Crippen molar-refractivity contribution in [1.82, 2.24) is 4.57 Å². The Kier molecular flexibility index (Phi) is 9.92. The molecule has 3 fully saturated rings. The number of anilines is 2. The fourth-order valence-electron chi connectivity index (χ4n) is 5.86. The molecule has 252 valence electrons. The van der Waals surface area contributed by atoms with Gasteiger partial charge in [0.25, 0.3) is 0 Å². The van der Waals surface area contributed by atoms with E-state index in [4.69, 9.17) is 19.9 Å². The summed E-state index contributed by atoms with van der Waals surface area (Å²) < 4.78 is 48.1. The van der Waals surface area contributed by atoms with Gasteiger partial charge < -0.3 is 34.5 Å². The molecule has 0 spiro atoms. The zero-order chi connectivity index (χ0) is 32.7. The van der Waals surface area contributed by atoms with Crippen LogP contribution in [-0.4, -0.2) is 72.7 Å². The van der Waals surface area contributed by atoms with Gasteiger partial charge in [0, 0.05) is 36.8 Å². The molecule has 2 unspecified atom stereocenters. The third kappa shape index (κ3) is 7.13. The van der Waals surface area contributed by atoms with Crippen molar-refractivity contribution in [2.75, 3.05) is 42.6 Å². The van der Waals surface area contributed by atoms with Crippen LogP contribution in [0.4, 0.5) is 25.0 Å². The highest BCUT2D eigenvalue weighted by molar-refractivity contribution is 5.94. The van der Waals surface area contributed by atoms with Gasteiger partial charge in [-0.3, -0.25) is 14.5 Å². The molecule has 12 nitrogen and oxygen atoms in total. The Morgan fingerprint density at radius 2 is 1.79 bits per heavy atom. The minimum Gasteiger partial charge on any atom is -0.490 e. The number of esters is 1. The molecule has 2 saturated heterocycles. The third-order valence-corrected chi connectivity index (χ3v) is 8.59. The van der Waals surface area contributed by atoms with Gasteiger partial charge in [-0.25, -0.2) is 18.4 Å². The number of nitrogens with zero attached hydrogens (tertiary/aromatic N) is 3. The first-order valence-electron chi connectivity index (χ1n) is 15.2. The largest absolute Gasteiger partial charge is 0.490 e. The van der Waals surface area contributed by atoms with Crippen LogP contribution in [0.3, 0.4) is 0 Å². The summed E-state index contributed by atoms with van der Waals surface area (Å²) in [5.41, 5.74) is 5.52. The Morgan fingerprint density at radius 3 is 2.43 bits per heavy atom. The van der Waals surface area contributed by atoms with Crippen LogP contribution in [0.15, 0.2) is 41.3 Å². The number of cyclic esters (lactones) is 1. The number of amides is 1. The summed E-state index contributed by atoms with van der Waals surface area (Å²) in [5, 5.41) is 9.52. The van der Waals surface area contributed by atoms with Gasteiger partial charge in [-0.1, -0.05) is 0 Å². The maximum atomic E-state index is 15.3. The van der Waals surface area contributed by atoms with Crippen LogP contribution >= 0.6 is 12.4 Å². The SMILES string of the molecule is CC(N)C(=O)OCC1CN(c2ccc(OCC3CCN(c4cc5c(cc4F)c(=O)c(C(=O)O)cn5C4CC4)CC3)c(F)c2)C(=O)O1.Cl. The summed E-state index contributed by atoms with van der Waals surface area (Å²) in [7, 11) is 0. The minimum absolute atomic E-state index is 0. The number of rotatable bonds is 10. The molecule has 1 amide bonds. The number of carboxylic acid groups (broad SMARTS) is 1. The fraction of sp³-hybridized carbons (Fsp3) is 0.438. The van der Waals surface area contributed by atoms with Crippen molar-refractivity contribution in [3.05, 3.63) is 63.9 Å². The van der Waals surface area contributed by atoms with Crippen LogP contribution in [0, 0.1) is 17.6 Å². The van der Waals surface area contributed by atoms with Crippen LogP contribution in [0.25, 0.3) is 10.9 Å². The van der Waals surface area contributed by atoms with E-state index in [2.05, 4.69) is 0 Å². The molecule has 0 radical (unpaired) electrons. The number of carboxylic acids is 1. The number of benzene rings is 2. The lowest BCUT2D eigenvalue weighted by Crippen LogP contribution is -2.36. The number of piperidine rings is 1. The maximum Gasteiger partial charge on any atom is 0.414 e. The predicted molar refractivity (Wildman–Crippen MR) is 170 cm³/mol. The molecule has 2 aliphatic heterocycles. The van der Waals surface area contributed by atoms with E-state index in [-0.39, 0.29) is 66.5 Å². The Morgan fingerprint density at radius 1 is 1.06 bits per heavy atom. The van der Waals surface area contributed by atoms with Crippen molar-refractivity contribution >= 4 is 52.7 Å². The highest BCUT2D eigenvalue weighted by Gasteiger charge is 2.34. The average molecular weight is 677 g/mol. The number of ether oxygens (including phenoxy) is 3. The molecule has 0 bridgehead atoms. The van der Waals surface area contributed by atoms with E-state index in [9.17, 15) is 28.7 Å². The van der Waals surface area contributed by atoms with E-state index in [1.165, 1.54) is 30.2 Å². The van der Waals surface area contributed by atoms with Gasteiger partial charge in [0.2, 0.25) is 5.43 Å². The van der Waals surface area contributed by atoms with Gasteiger partial charge in [-0.2, -0.15) is 0 Å². The van der Waals surface area contributed by atoms with E-state index in [0.717, 1.165) is 18.9 Å². The van der Waals surface area contributed by atoms with Gasteiger partial charge in [0.05, 0.1) is 30.0 Å². The fourth-order valence-corrected chi connectivity index (χ4v) is 5.86. The van der Waals surface area contributed by atoms with Gasteiger partial charge in [-0.05, 0) is 62.8 Å². The smallest absolute Gasteiger partial charge is 0.414 e. The molecule has 15 heteroatoms. The quantitative estimate of drug-likeness (QED) is 0.298. The average Bonchev–Trinajstić information content (AvgIpc) is 3.80. The second kappa shape index (κ2) is 13.7. The summed E-state index contributed by atoms with van der Waals surface area (Å²) in [4.78, 5) is 51.5. The van der Waals surface area contributed by atoms with Crippen LogP contribution < -0.4 is 25.7 Å². The zero-order valence-corrected chi connectivity index (χ0v) is 26.3. The molecule has 47 heavy (non-hydrogen) atoms. The molecule has 3 aliphatic rings. The summed E-state index contributed by atoms with van der Waals surface area (Å²) in [6.07, 6.45) is 2.98. The number of carbonyl (C=O) groups is 3. The van der Waals surface area contributed by atoms with E-state index in [1.807, 2.05) is 4.90 Å². The summed E-state index contributed by atoms with van der Waals surface area (Å²) in [5.74, 6) is -3.09. The molecular formula is C32H35ClF2N4O8. The number of halogens is 3. The number of nitrogens with two attached hydrogens (primary N) is 1. The minimum atomic E-state index is -1.34. The summed E-state index contributed by atoms with van der Waals surface area (Å²) >= 11 is 0. The maximum absolute atomic E-state index is 15.3. The highest BCUT2D eigenvalue weighted by atomic mass is 35.5. The van der Waals surface area contributed by atoms with Crippen molar-refractivity contribution < 1.29 is 42.5 Å². The molecule has 3 heterocycles. The second-order valence-corrected chi connectivity index (χ2v) is 12.0. The van der Waals surface area contributed by atoms with Gasteiger partial charge in [-0.15, -0.1) is 12.4 Å². The number of aromatic carboxylic acids is 1. The third-order valence-electron chi connectivity index (χ3n) is 8.59. The van der Waals surface area contributed by atoms with Crippen molar-refractivity contribution in [2.24, 2.45) is 11.7 Å². The molecule has 3 N–H and O–H groups in total. The number of fused-ring (bicyclic) bond motifs is 1. The van der Waals surface area contributed by atoms with Crippen molar-refractivity contribution in [3.8, 4) is 5.75 Å². The Bertz CT molecular complexity index is 1760. The molecular weight excluding hydrogens is 642 g/mol. The van der Waals surface area contributed by atoms with Crippen LogP contribution in [0.2, 0.25) is 0 Å². The Balaban J connectivity index is 0.00000433. The van der Waals surface area contributed by atoms with Gasteiger partial charge >= 0.3 is 18.0 Å². The summed E-state index contributed by atoms with van der Waals surface area (Å²) in [6.45, 7) is 2.65. The standard InChI is InChI=1S/C32H34F2N4O8.ClH/c1-17(35)31(42)45-16-21-13-38(32(43)46-21)20-4-5-28(25(34)10-20)44-15-18-6-8-36(9-7-18)27-12-26-22(11-24(27)33)29(39)23(30(40)41)14-37(26)19-2-3-19;/h4-5,10-12,14,17-19,21H,2-3,6-9,13,15-16,35H2,1H3,(H,40,41);1H. The molecule has 1 saturated carbocycles. The number of carbonyl (C=O) groups excluding carboxylic acids is 2. The highest BCUT2D eigenvalue weighted by Crippen LogP contribution is 2.38. The van der Waals surface area contributed by atoms with Crippen molar-refractivity contribution in [2.45, 2.75) is 50.8 Å². The van der Waals surface area contributed by atoms with E-state index in [1.54, 1.807) is 16.7 Å². The van der Waals surface area contributed by atoms with Gasteiger partial charge in [0.15, 0.2) is 17.7 Å². The Labute approximate surface area is 274 Å². The van der Waals surface area contributed by atoms with E-state index in [0.29, 0.717) is 37.1 Å². The lowest BCUT2D eigenvalue weighted by molar-refractivity contribution is -0.147. The van der Waals surface area contributed by atoms with Crippen LogP contribution in [0.5, 0.6) is 5.75 Å². The first-order chi connectivity index (χ1) is 22.0. The molecule has 2 atom stereocenters. The first-order valence-corrected chi connectivity index (χ1v) is 15.2. The summed E-state index contributed by atoms with van der Waals surface area (Å²) in [6, 6.07) is 6.21. The molecule has 3 aromatic rings. The number of hydrogen-bond acceptors (Lipinski definition) is 9. The lowest BCUT2D eigenvalue weighted by atomic mass is 9.97. The second-order valence-electron chi connectivity index (χ2n) is 12.0. The topological polar surface area (TPSA) is 154 Å². The van der Waals surface area contributed by atoms with E-state index < -0.39 is 47.2 Å². The molecule has 6 rings (SSSR count). The molecule has 1 aliphatic carbocycles.